The minimum atomic E-state index is -0.334. The molecule has 4 nitrogen and oxygen atoms in total. The van der Waals surface area contributed by atoms with E-state index in [2.05, 4.69) is 10.1 Å². The number of halogens is 1. The molecule has 4 rings (SSSR count). The van der Waals surface area contributed by atoms with Crippen molar-refractivity contribution in [2.24, 2.45) is 0 Å². The minimum Gasteiger partial charge on any atom is -0.265 e. The first kappa shape index (κ1) is 15.7. The Morgan fingerprint density at radius 3 is 2.68 bits per heavy atom. The van der Waals surface area contributed by atoms with Gasteiger partial charge in [0.1, 0.15) is 11.5 Å². The van der Waals surface area contributed by atoms with Crippen molar-refractivity contribution in [1.29, 1.82) is 0 Å². The van der Waals surface area contributed by atoms with Crippen molar-refractivity contribution < 1.29 is 4.39 Å². The molecule has 0 saturated heterocycles. The van der Waals surface area contributed by atoms with Crippen molar-refractivity contribution in [1.82, 2.24) is 14.8 Å². The van der Waals surface area contributed by atoms with Gasteiger partial charge in [0.05, 0.1) is 16.3 Å². The molecule has 25 heavy (non-hydrogen) atoms. The van der Waals surface area contributed by atoms with Gasteiger partial charge in [-0.15, -0.1) is 11.3 Å². The van der Waals surface area contributed by atoms with Crippen LogP contribution in [0.5, 0.6) is 0 Å². The van der Waals surface area contributed by atoms with Crippen LogP contribution >= 0.6 is 11.3 Å². The normalized spacial score (nSPS) is 11.1. The molecular weight excluding hydrogens is 337 g/mol. The molecular formula is C19H14FN3OS. The highest BCUT2D eigenvalue weighted by molar-refractivity contribution is 7.19. The van der Waals surface area contributed by atoms with E-state index >= 15 is 0 Å². The number of hydrogen-bond acceptors (Lipinski definition) is 4. The highest BCUT2D eigenvalue weighted by Gasteiger charge is 2.16. The lowest BCUT2D eigenvalue weighted by Crippen LogP contribution is -2.24. The average Bonchev–Trinajstić information content (AvgIpc) is 3.00. The van der Waals surface area contributed by atoms with E-state index in [1.165, 1.54) is 28.2 Å². The first-order valence-electron chi connectivity index (χ1n) is 7.80. The zero-order chi connectivity index (χ0) is 17.4. The van der Waals surface area contributed by atoms with Gasteiger partial charge in [-0.3, -0.25) is 4.79 Å². The monoisotopic (exact) mass is 351 g/mol. The molecule has 0 N–H and O–H groups in total. The van der Waals surface area contributed by atoms with Gasteiger partial charge < -0.3 is 0 Å². The molecule has 2 heterocycles. The zero-order valence-corrected chi connectivity index (χ0v) is 14.3. The van der Waals surface area contributed by atoms with E-state index in [0.29, 0.717) is 11.1 Å². The Hall–Kier alpha value is -2.86. The maximum absolute atomic E-state index is 13.5. The third-order valence-corrected chi connectivity index (χ3v) is 4.85. The molecule has 0 radical (unpaired) electrons. The number of thiazole rings is 1. The lowest BCUT2D eigenvalue weighted by Gasteiger charge is -2.09. The van der Waals surface area contributed by atoms with E-state index in [1.807, 2.05) is 37.3 Å². The maximum Gasteiger partial charge on any atom is 0.294 e. The standard InChI is InChI=1S/C19H14FN3OS/c1-12-21-17-18(25-12)16(14-7-3-2-4-8-14)22-23(19(17)24)11-13-6-5-9-15(20)10-13/h2-10H,11H2,1H3. The highest BCUT2D eigenvalue weighted by Crippen LogP contribution is 2.29. The Kier molecular flexibility index (Phi) is 3.89. The second-order valence-corrected chi connectivity index (χ2v) is 6.92. The molecule has 4 aromatic rings. The Bertz CT molecular complexity index is 1120. The number of benzene rings is 2. The van der Waals surface area contributed by atoms with Crippen LogP contribution in [0.15, 0.2) is 59.4 Å². The van der Waals surface area contributed by atoms with Gasteiger partial charge in [-0.25, -0.2) is 14.1 Å². The molecule has 0 saturated carbocycles. The zero-order valence-electron chi connectivity index (χ0n) is 13.4. The molecule has 124 valence electrons. The quantitative estimate of drug-likeness (QED) is 0.560. The summed E-state index contributed by atoms with van der Waals surface area (Å²) in [5, 5.41) is 5.38. The van der Waals surface area contributed by atoms with Crippen LogP contribution in [0.2, 0.25) is 0 Å². The summed E-state index contributed by atoms with van der Waals surface area (Å²) in [6.07, 6.45) is 0. The van der Waals surface area contributed by atoms with Gasteiger partial charge in [-0.2, -0.15) is 5.10 Å². The first-order valence-corrected chi connectivity index (χ1v) is 8.61. The molecule has 0 aliphatic carbocycles. The smallest absolute Gasteiger partial charge is 0.265 e. The lowest BCUT2D eigenvalue weighted by molar-refractivity contribution is 0.613. The largest absolute Gasteiger partial charge is 0.294 e. The van der Waals surface area contributed by atoms with Crippen LogP contribution in [0.3, 0.4) is 0 Å². The van der Waals surface area contributed by atoms with E-state index in [1.54, 1.807) is 12.1 Å². The van der Waals surface area contributed by atoms with Gasteiger partial charge in [-0.1, -0.05) is 42.5 Å². The Morgan fingerprint density at radius 2 is 1.92 bits per heavy atom. The summed E-state index contributed by atoms with van der Waals surface area (Å²) >= 11 is 1.46. The number of aromatic nitrogens is 3. The third-order valence-electron chi connectivity index (χ3n) is 3.88. The minimum absolute atomic E-state index is 0.197. The second kappa shape index (κ2) is 6.22. The summed E-state index contributed by atoms with van der Waals surface area (Å²) < 4.78 is 15.6. The molecule has 0 spiro atoms. The number of fused-ring (bicyclic) bond motifs is 1. The maximum atomic E-state index is 13.5. The predicted octanol–water partition coefficient (Wildman–Crippen LogP) is 4.02. The molecule has 0 bridgehead atoms. The molecule has 2 aromatic carbocycles. The molecule has 2 aromatic heterocycles. The van der Waals surface area contributed by atoms with Gasteiger partial charge in [0, 0.05) is 5.56 Å². The van der Waals surface area contributed by atoms with Crippen LogP contribution in [0.25, 0.3) is 21.5 Å². The van der Waals surface area contributed by atoms with Gasteiger partial charge in [0.2, 0.25) is 0 Å². The van der Waals surface area contributed by atoms with Gasteiger partial charge >= 0.3 is 0 Å². The fourth-order valence-corrected chi connectivity index (χ4v) is 3.68. The van der Waals surface area contributed by atoms with Gasteiger partial charge in [0.25, 0.3) is 5.56 Å². The SMILES string of the molecule is Cc1nc2c(=O)n(Cc3cccc(F)c3)nc(-c3ccccc3)c2s1. The van der Waals surface area contributed by atoms with Crippen LogP contribution in [0.4, 0.5) is 4.39 Å². The Labute approximate surface area is 147 Å². The predicted molar refractivity (Wildman–Crippen MR) is 97.4 cm³/mol. The fraction of sp³-hybridized carbons (Fsp3) is 0.105. The number of nitrogens with zero attached hydrogens (tertiary/aromatic N) is 3. The second-order valence-electron chi connectivity index (χ2n) is 5.72. The van der Waals surface area contributed by atoms with E-state index < -0.39 is 0 Å². The van der Waals surface area contributed by atoms with Crippen LogP contribution in [-0.4, -0.2) is 14.8 Å². The summed E-state index contributed by atoms with van der Waals surface area (Å²) in [6.45, 7) is 2.07. The summed E-state index contributed by atoms with van der Waals surface area (Å²) in [5.74, 6) is -0.334. The van der Waals surface area contributed by atoms with E-state index in [-0.39, 0.29) is 17.9 Å². The highest BCUT2D eigenvalue weighted by atomic mass is 32.1. The van der Waals surface area contributed by atoms with E-state index in [0.717, 1.165) is 21.0 Å². The molecule has 0 amide bonds. The molecule has 0 atom stereocenters. The van der Waals surface area contributed by atoms with Crippen molar-refractivity contribution in [3.63, 3.8) is 0 Å². The van der Waals surface area contributed by atoms with Crippen LogP contribution in [0.1, 0.15) is 10.6 Å². The number of rotatable bonds is 3. The van der Waals surface area contributed by atoms with Gasteiger partial charge in [-0.05, 0) is 24.6 Å². The van der Waals surface area contributed by atoms with E-state index in [9.17, 15) is 9.18 Å². The topological polar surface area (TPSA) is 47.8 Å². The van der Waals surface area contributed by atoms with E-state index in [4.69, 9.17) is 0 Å². The Balaban J connectivity index is 1.93. The molecule has 0 fully saturated rings. The molecule has 0 aliphatic heterocycles. The summed E-state index contributed by atoms with van der Waals surface area (Å²) in [5.41, 5.74) is 2.47. The average molecular weight is 351 g/mol. The third kappa shape index (κ3) is 2.96. The van der Waals surface area contributed by atoms with Crippen molar-refractivity contribution in [2.45, 2.75) is 13.5 Å². The van der Waals surface area contributed by atoms with Crippen LogP contribution in [0, 0.1) is 12.7 Å². The summed E-state index contributed by atoms with van der Waals surface area (Å²) in [7, 11) is 0. The summed E-state index contributed by atoms with van der Waals surface area (Å²) in [4.78, 5) is 17.2. The molecule has 0 unspecified atom stereocenters. The van der Waals surface area contributed by atoms with Crippen molar-refractivity contribution >= 4 is 21.6 Å². The first-order chi connectivity index (χ1) is 12.1. The Morgan fingerprint density at radius 1 is 1.12 bits per heavy atom. The van der Waals surface area contributed by atoms with Crippen molar-refractivity contribution in [3.05, 3.63) is 81.3 Å². The van der Waals surface area contributed by atoms with Crippen LogP contribution < -0.4 is 5.56 Å². The molecule has 6 heteroatoms. The lowest BCUT2D eigenvalue weighted by atomic mass is 10.1. The number of hydrogen-bond donors (Lipinski definition) is 0. The number of aryl methyl sites for hydroxylation is 1. The van der Waals surface area contributed by atoms with Crippen LogP contribution in [-0.2, 0) is 6.54 Å². The summed E-state index contributed by atoms with van der Waals surface area (Å²) in [6, 6.07) is 15.9. The molecule has 0 aliphatic rings. The van der Waals surface area contributed by atoms with Crippen molar-refractivity contribution in [2.75, 3.05) is 0 Å². The van der Waals surface area contributed by atoms with Crippen molar-refractivity contribution in [3.8, 4) is 11.3 Å². The fourth-order valence-electron chi connectivity index (χ4n) is 2.77. The van der Waals surface area contributed by atoms with Gasteiger partial charge in [0.15, 0.2) is 5.52 Å².